The molecule has 0 aliphatic heterocycles. The highest BCUT2D eigenvalue weighted by molar-refractivity contribution is 5.74. The maximum absolute atomic E-state index is 12.0. The minimum absolute atomic E-state index is 0.0803. The SMILES string of the molecule is O=C(C[n+]1ccc2c(c1)CCCC2)NCCc1ccccc1. The zero-order chi connectivity index (χ0) is 15.2. The Hall–Kier alpha value is -2.16. The minimum Gasteiger partial charge on any atom is -0.350 e. The van der Waals surface area contributed by atoms with E-state index >= 15 is 0 Å². The van der Waals surface area contributed by atoms with E-state index in [-0.39, 0.29) is 5.91 Å². The molecular formula is C19H23N2O+. The molecule has 0 atom stereocenters. The van der Waals surface area contributed by atoms with Crippen molar-refractivity contribution in [3.8, 4) is 0 Å². The smallest absolute Gasteiger partial charge is 0.285 e. The molecule has 0 spiro atoms. The van der Waals surface area contributed by atoms with Gasteiger partial charge in [-0.1, -0.05) is 30.3 Å². The first kappa shape index (κ1) is 14.8. The van der Waals surface area contributed by atoms with Crippen LogP contribution in [-0.4, -0.2) is 12.5 Å². The first-order chi connectivity index (χ1) is 10.8. The molecule has 3 heteroatoms. The van der Waals surface area contributed by atoms with Crippen LogP contribution in [0.3, 0.4) is 0 Å². The number of fused-ring (bicyclic) bond motifs is 1. The van der Waals surface area contributed by atoms with Crippen molar-refractivity contribution < 1.29 is 9.36 Å². The van der Waals surface area contributed by atoms with Gasteiger partial charge in [0.25, 0.3) is 5.91 Å². The number of pyridine rings is 1. The van der Waals surface area contributed by atoms with Crippen molar-refractivity contribution in [3.63, 3.8) is 0 Å². The van der Waals surface area contributed by atoms with Gasteiger partial charge in [0.2, 0.25) is 6.54 Å². The molecular weight excluding hydrogens is 272 g/mol. The number of aromatic nitrogens is 1. The van der Waals surface area contributed by atoms with Crippen molar-refractivity contribution >= 4 is 5.91 Å². The monoisotopic (exact) mass is 295 g/mol. The number of benzene rings is 1. The van der Waals surface area contributed by atoms with Crippen molar-refractivity contribution in [2.24, 2.45) is 0 Å². The summed E-state index contributed by atoms with van der Waals surface area (Å²) in [7, 11) is 0. The maximum atomic E-state index is 12.0. The number of nitrogens with one attached hydrogen (secondary N) is 1. The Kier molecular flexibility index (Phi) is 4.84. The molecule has 1 aromatic heterocycles. The van der Waals surface area contributed by atoms with Gasteiger partial charge in [0.05, 0.1) is 0 Å². The third-order valence-corrected chi connectivity index (χ3v) is 4.25. The van der Waals surface area contributed by atoms with Crippen LogP contribution in [0, 0.1) is 0 Å². The molecule has 1 aromatic carbocycles. The molecule has 114 valence electrons. The van der Waals surface area contributed by atoms with Gasteiger partial charge < -0.3 is 5.32 Å². The minimum atomic E-state index is 0.0803. The Labute approximate surface area is 132 Å². The molecule has 22 heavy (non-hydrogen) atoms. The number of hydrogen-bond acceptors (Lipinski definition) is 1. The molecule has 2 aromatic rings. The summed E-state index contributed by atoms with van der Waals surface area (Å²) in [4.78, 5) is 12.0. The number of amides is 1. The van der Waals surface area contributed by atoms with Crippen LogP contribution in [0.2, 0.25) is 0 Å². The van der Waals surface area contributed by atoms with Gasteiger partial charge >= 0.3 is 0 Å². The molecule has 1 heterocycles. The predicted octanol–water partition coefficient (Wildman–Crippen LogP) is 2.21. The molecule has 3 nitrogen and oxygen atoms in total. The zero-order valence-corrected chi connectivity index (χ0v) is 12.9. The molecule has 3 rings (SSSR count). The van der Waals surface area contributed by atoms with E-state index in [0.29, 0.717) is 13.1 Å². The first-order valence-electron chi connectivity index (χ1n) is 8.13. The van der Waals surface area contributed by atoms with Crippen LogP contribution in [0.25, 0.3) is 0 Å². The maximum Gasteiger partial charge on any atom is 0.285 e. The van der Waals surface area contributed by atoms with Crippen molar-refractivity contribution in [1.82, 2.24) is 5.32 Å². The second-order valence-corrected chi connectivity index (χ2v) is 5.96. The van der Waals surface area contributed by atoms with Gasteiger partial charge in [-0.2, -0.15) is 4.57 Å². The van der Waals surface area contributed by atoms with Crippen LogP contribution in [0.4, 0.5) is 0 Å². The van der Waals surface area contributed by atoms with Crippen molar-refractivity contribution in [2.75, 3.05) is 6.54 Å². The number of carbonyl (C=O) groups is 1. The van der Waals surface area contributed by atoms with Crippen LogP contribution < -0.4 is 9.88 Å². The van der Waals surface area contributed by atoms with E-state index in [4.69, 9.17) is 0 Å². The van der Waals surface area contributed by atoms with Crippen molar-refractivity contribution in [3.05, 3.63) is 65.5 Å². The Balaban J connectivity index is 1.49. The highest BCUT2D eigenvalue weighted by Gasteiger charge is 2.15. The molecule has 1 aliphatic rings. The zero-order valence-electron chi connectivity index (χ0n) is 12.9. The van der Waals surface area contributed by atoms with Crippen LogP contribution in [0.1, 0.15) is 29.5 Å². The van der Waals surface area contributed by atoms with Crippen LogP contribution in [0.5, 0.6) is 0 Å². The molecule has 0 saturated carbocycles. The molecule has 0 radical (unpaired) electrons. The van der Waals surface area contributed by atoms with Crippen LogP contribution in [0.15, 0.2) is 48.8 Å². The number of rotatable bonds is 5. The summed E-state index contributed by atoms with van der Waals surface area (Å²) in [5.41, 5.74) is 4.11. The summed E-state index contributed by atoms with van der Waals surface area (Å²) in [5, 5.41) is 3.00. The Morgan fingerprint density at radius 3 is 2.64 bits per heavy atom. The van der Waals surface area contributed by atoms with Gasteiger partial charge in [0, 0.05) is 18.2 Å². The fourth-order valence-electron chi connectivity index (χ4n) is 3.03. The number of carbonyl (C=O) groups excluding carboxylic acids is 1. The Morgan fingerprint density at radius 1 is 1.05 bits per heavy atom. The topological polar surface area (TPSA) is 33.0 Å². The number of aryl methyl sites for hydroxylation is 2. The second-order valence-electron chi connectivity index (χ2n) is 5.96. The van der Waals surface area contributed by atoms with E-state index in [1.54, 1.807) is 0 Å². The molecule has 0 unspecified atom stereocenters. The van der Waals surface area contributed by atoms with Crippen LogP contribution >= 0.6 is 0 Å². The van der Waals surface area contributed by atoms with Crippen molar-refractivity contribution in [1.29, 1.82) is 0 Å². The largest absolute Gasteiger partial charge is 0.350 e. The quantitative estimate of drug-likeness (QED) is 0.843. The summed E-state index contributed by atoms with van der Waals surface area (Å²) >= 11 is 0. The molecule has 0 bridgehead atoms. The number of nitrogens with zero attached hydrogens (tertiary/aromatic N) is 1. The van der Waals surface area contributed by atoms with Gasteiger partial charge in [0.1, 0.15) is 0 Å². The van der Waals surface area contributed by atoms with Gasteiger partial charge in [-0.15, -0.1) is 0 Å². The molecule has 1 N–H and O–H groups in total. The lowest BCUT2D eigenvalue weighted by molar-refractivity contribution is -0.685. The highest BCUT2D eigenvalue weighted by atomic mass is 16.1. The van der Waals surface area contributed by atoms with E-state index in [1.165, 1.54) is 36.0 Å². The third kappa shape index (κ3) is 3.94. The molecule has 0 fully saturated rings. The molecule has 1 aliphatic carbocycles. The van der Waals surface area contributed by atoms with E-state index in [0.717, 1.165) is 12.8 Å². The van der Waals surface area contributed by atoms with Crippen molar-refractivity contribution in [2.45, 2.75) is 38.6 Å². The summed E-state index contributed by atoms with van der Waals surface area (Å²) in [6.07, 6.45) is 9.93. The van der Waals surface area contributed by atoms with Gasteiger partial charge in [-0.05, 0) is 43.2 Å². The van der Waals surface area contributed by atoms with E-state index in [9.17, 15) is 4.79 Å². The average Bonchev–Trinajstić information content (AvgIpc) is 2.56. The summed E-state index contributed by atoms with van der Waals surface area (Å²) in [5.74, 6) is 0.0803. The third-order valence-electron chi connectivity index (χ3n) is 4.25. The lowest BCUT2D eigenvalue weighted by Gasteiger charge is -2.13. The number of hydrogen-bond donors (Lipinski definition) is 1. The lowest BCUT2D eigenvalue weighted by atomic mass is 9.93. The summed E-state index contributed by atoms with van der Waals surface area (Å²) < 4.78 is 2.00. The molecule has 1 amide bonds. The van der Waals surface area contributed by atoms with Gasteiger partial charge in [0.15, 0.2) is 12.4 Å². The summed E-state index contributed by atoms with van der Waals surface area (Å²) in [6, 6.07) is 12.4. The lowest BCUT2D eigenvalue weighted by Crippen LogP contribution is -2.43. The van der Waals surface area contributed by atoms with Gasteiger partial charge in [-0.25, -0.2) is 0 Å². The normalized spacial score (nSPS) is 13.5. The standard InChI is InChI=1S/C19H22N2O/c22-19(20-12-10-16-6-2-1-3-7-16)15-21-13-11-17-8-4-5-9-18(17)14-21/h1-3,6-7,11,13-14H,4-5,8-10,12,15H2/p+1. The fraction of sp³-hybridized carbons (Fsp3) is 0.368. The van der Waals surface area contributed by atoms with E-state index in [1.807, 2.05) is 29.0 Å². The van der Waals surface area contributed by atoms with E-state index in [2.05, 4.69) is 29.7 Å². The highest BCUT2D eigenvalue weighted by Crippen LogP contribution is 2.18. The second kappa shape index (κ2) is 7.21. The predicted molar refractivity (Wildman–Crippen MR) is 86.4 cm³/mol. The molecule has 0 saturated heterocycles. The van der Waals surface area contributed by atoms with E-state index < -0.39 is 0 Å². The van der Waals surface area contributed by atoms with Gasteiger partial charge in [-0.3, -0.25) is 4.79 Å². The van der Waals surface area contributed by atoms with Crippen LogP contribution in [-0.2, 0) is 30.6 Å². The fourth-order valence-corrected chi connectivity index (χ4v) is 3.03. The summed E-state index contributed by atoms with van der Waals surface area (Å²) in [6.45, 7) is 1.09. The average molecular weight is 295 g/mol. The first-order valence-corrected chi connectivity index (χ1v) is 8.13. The Bertz CT molecular complexity index is 637. The Morgan fingerprint density at radius 2 is 1.82 bits per heavy atom.